The Bertz CT molecular complexity index is 514. The van der Waals surface area contributed by atoms with Gasteiger partial charge in [0, 0.05) is 11.1 Å². The van der Waals surface area contributed by atoms with E-state index in [0.29, 0.717) is 5.56 Å². The summed E-state index contributed by atoms with van der Waals surface area (Å²) in [6, 6.07) is 11.7. The van der Waals surface area contributed by atoms with Crippen LogP contribution in [0.25, 0.3) is 0 Å². The molecule has 1 aromatic carbocycles. The van der Waals surface area contributed by atoms with Gasteiger partial charge < -0.3 is 0 Å². The standard InChI is InChI=1S/C12H7FN2S/c13-10-2-4-11(5-3-10)16-12-6-1-9(7-14)8-15-12/h1-6,8H. The summed E-state index contributed by atoms with van der Waals surface area (Å²) in [5, 5.41) is 9.39. The van der Waals surface area contributed by atoms with E-state index in [9.17, 15) is 4.39 Å². The second kappa shape index (κ2) is 4.77. The average Bonchev–Trinajstić information content (AvgIpc) is 2.33. The molecule has 0 unspecified atom stereocenters. The van der Waals surface area contributed by atoms with E-state index in [1.165, 1.54) is 30.1 Å². The zero-order chi connectivity index (χ0) is 11.4. The summed E-state index contributed by atoms with van der Waals surface area (Å²) < 4.78 is 12.7. The van der Waals surface area contributed by atoms with Crippen LogP contribution in [0, 0.1) is 17.1 Å². The van der Waals surface area contributed by atoms with E-state index in [2.05, 4.69) is 4.98 Å². The van der Waals surface area contributed by atoms with Gasteiger partial charge in [-0.2, -0.15) is 5.26 Å². The van der Waals surface area contributed by atoms with Crippen molar-refractivity contribution in [3.63, 3.8) is 0 Å². The largest absolute Gasteiger partial charge is 0.248 e. The van der Waals surface area contributed by atoms with Crippen molar-refractivity contribution in [1.82, 2.24) is 4.98 Å². The molecule has 1 aromatic heterocycles. The van der Waals surface area contributed by atoms with Crippen LogP contribution >= 0.6 is 11.8 Å². The van der Waals surface area contributed by atoms with E-state index in [1.54, 1.807) is 24.3 Å². The zero-order valence-electron chi connectivity index (χ0n) is 8.22. The first-order valence-corrected chi connectivity index (χ1v) is 5.39. The Morgan fingerprint density at radius 1 is 1.12 bits per heavy atom. The van der Waals surface area contributed by atoms with Crippen molar-refractivity contribution in [3.8, 4) is 6.07 Å². The summed E-state index contributed by atoms with van der Waals surface area (Å²) in [5.74, 6) is -0.253. The van der Waals surface area contributed by atoms with Crippen molar-refractivity contribution < 1.29 is 4.39 Å². The molecule has 0 radical (unpaired) electrons. The van der Waals surface area contributed by atoms with E-state index < -0.39 is 0 Å². The number of pyridine rings is 1. The number of nitrogens with zero attached hydrogens (tertiary/aromatic N) is 2. The monoisotopic (exact) mass is 230 g/mol. The molecule has 0 fully saturated rings. The number of halogens is 1. The third kappa shape index (κ3) is 2.59. The molecule has 0 aliphatic heterocycles. The van der Waals surface area contributed by atoms with Crippen molar-refractivity contribution >= 4 is 11.8 Å². The SMILES string of the molecule is N#Cc1ccc(Sc2ccc(F)cc2)nc1. The normalized spacial score (nSPS) is 9.75. The van der Waals surface area contributed by atoms with Gasteiger partial charge in [-0.25, -0.2) is 9.37 Å². The lowest BCUT2D eigenvalue weighted by molar-refractivity contribution is 0.626. The highest BCUT2D eigenvalue weighted by atomic mass is 32.2. The number of hydrogen-bond acceptors (Lipinski definition) is 3. The van der Waals surface area contributed by atoms with Crippen LogP contribution in [0.2, 0.25) is 0 Å². The lowest BCUT2D eigenvalue weighted by Gasteiger charge is -2.00. The van der Waals surface area contributed by atoms with Crippen LogP contribution in [0.15, 0.2) is 52.5 Å². The maximum absolute atomic E-state index is 12.7. The molecule has 4 heteroatoms. The fourth-order valence-corrected chi connectivity index (χ4v) is 1.89. The van der Waals surface area contributed by atoms with Gasteiger partial charge in [0.25, 0.3) is 0 Å². The molecule has 0 aliphatic carbocycles. The molecule has 0 amide bonds. The lowest BCUT2D eigenvalue weighted by atomic mass is 10.3. The fourth-order valence-electron chi connectivity index (χ4n) is 1.13. The first kappa shape index (κ1) is 10.7. The Balaban J connectivity index is 2.15. The van der Waals surface area contributed by atoms with Gasteiger partial charge in [0.2, 0.25) is 0 Å². The number of nitriles is 1. The van der Waals surface area contributed by atoms with Crippen LogP contribution in [-0.4, -0.2) is 4.98 Å². The van der Waals surface area contributed by atoms with E-state index in [1.807, 2.05) is 6.07 Å². The van der Waals surface area contributed by atoms with E-state index in [4.69, 9.17) is 5.26 Å². The molecular weight excluding hydrogens is 223 g/mol. The van der Waals surface area contributed by atoms with Crippen molar-refractivity contribution in [3.05, 3.63) is 54.0 Å². The second-order valence-corrected chi connectivity index (χ2v) is 4.15. The summed E-state index contributed by atoms with van der Waals surface area (Å²) in [7, 11) is 0. The van der Waals surface area contributed by atoms with Crippen molar-refractivity contribution in [2.75, 3.05) is 0 Å². The van der Waals surface area contributed by atoms with Crippen LogP contribution in [0.3, 0.4) is 0 Å². The van der Waals surface area contributed by atoms with E-state index in [-0.39, 0.29) is 5.82 Å². The van der Waals surface area contributed by atoms with Crippen LogP contribution in [0.1, 0.15) is 5.56 Å². The number of rotatable bonds is 2. The zero-order valence-corrected chi connectivity index (χ0v) is 9.04. The van der Waals surface area contributed by atoms with Gasteiger partial charge >= 0.3 is 0 Å². The third-order valence-corrected chi connectivity index (χ3v) is 2.86. The molecule has 1 heterocycles. The highest BCUT2D eigenvalue weighted by Gasteiger charge is 1.99. The molecule has 0 atom stereocenters. The molecule has 16 heavy (non-hydrogen) atoms. The fraction of sp³-hybridized carbons (Fsp3) is 0. The van der Waals surface area contributed by atoms with Crippen LogP contribution < -0.4 is 0 Å². The predicted octanol–water partition coefficient (Wildman–Crippen LogP) is 3.24. The molecule has 2 nitrogen and oxygen atoms in total. The molecular formula is C12H7FN2S. The second-order valence-electron chi connectivity index (χ2n) is 3.05. The van der Waals surface area contributed by atoms with E-state index in [0.717, 1.165) is 9.92 Å². The number of hydrogen-bond donors (Lipinski definition) is 0. The molecule has 2 rings (SSSR count). The van der Waals surface area contributed by atoms with Gasteiger partial charge in [-0.1, -0.05) is 11.8 Å². The van der Waals surface area contributed by atoms with Gasteiger partial charge in [-0.3, -0.25) is 0 Å². The van der Waals surface area contributed by atoms with Gasteiger partial charge in [-0.15, -0.1) is 0 Å². The minimum atomic E-state index is -0.253. The van der Waals surface area contributed by atoms with Gasteiger partial charge in [-0.05, 0) is 36.4 Å². The summed E-state index contributed by atoms with van der Waals surface area (Å²) in [6.07, 6.45) is 1.52. The Labute approximate surface area is 96.8 Å². The number of aromatic nitrogens is 1. The quantitative estimate of drug-likeness (QED) is 0.794. The molecule has 0 bridgehead atoms. The summed E-state index contributed by atoms with van der Waals surface area (Å²) in [4.78, 5) is 5.03. The Kier molecular flexibility index (Phi) is 3.18. The third-order valence-electron chi connectivity index (χ3n) is 1.90. The summed E-state index contributed by atoms with van der Waals surface area (Å²) >= 11 is 1.43. The van der Waals surface area contributed by atoms with Crippen LogP contribution in [-0.2, 0) is 0 Å². The Morgan fingerprint density at radius 3 is 2.44 bits per heavy atom. The molecule has 0 N–H and O–H groups in total. The molecule has 0 saturated heterocycles. The smallest absolute Gasteiger partial charge is 0.123 e. The maximum Gasteiger partial charge on any atom is 0.123 e. The van der Waals surface area contributed by atoms with Gasteiger partial charge in [0.1, 0.15) is 16.9 Å². The maximum atomic E-state index is 12.7. The average molecular weight is 230 g/mol. The molecule has 0 saturated carbocycles. The van der Waals surface area contributed by atoms with Crippen molar-refractivity contribution in [2.45, 2.75) is 9.92 Å². The van der Waals surface area contributed by atoms with Crippen molar-refractivity contribution in [2.24, 2.45) is 0 Å². The van der Waals surface area contributed by atoms with Gasteiger partial charge in [0.05, 0.1) is 5.56 Å². The first-order valence-electron chi connectivity index (χ1n) is 4.57. The minimum absolute atomic E-state index is 0.253. The predicted molar refractivity (Wildman–Crippen MR) is 59.5 cm³/mol. The van der Waals surface area contributed by atoms with E-state index >= 15 is 0 Å². The van der Waals surface area contributed by atoms with Crippen LogP contribution in [0.4, 0.5) is 4.39 Å². The molecule has 0 spiro atoms. The number of benzene rings is 1. The topological polar surface area (TPSA) is 36.7 Å². The lowest BCUT2D eigenvalue weighted by Crippen LogP contribution is -1.82. The Morgan fingerprint density at radius 2 is 1.88 bits per heavy atom. The Hall–Kier alpha value is -1.86. The van der Waals surface area contributed by atoms with Crippen LogP contribution in [0.5, 0.6) is 0 Å². The highest BCUT2D eigenvalue weighted by molar-refractivity contribution is 7.99. The first-order chi connectivity index (χ1) is 7.78. The van der Waals surface area contributed by atoms with Crippen molar-refractivity contribution in [1.29, 1.82) is 5.26 Å². The molecule has 78 valence electrons. The van der Waals surface area contributed by atoms with Gasteiger partial charge in [0.15, 0.2) is 0 Å². The highest BCUT2D eigenvalue weighted by Crippen LogP contribution is 2.25. The molecule has 2 aromatic rings. The minimum Gasteiger partial charge on any atom is -0.248 e. The molecule has 0 aliphatic rings. The summed E-state index contributed by atoms with van der Waals surface area (Å²) in [5.41, 5.74) is 0.531. The summed E-state index contributed by atoms with van der Waals surface area (Å²) in [6.45, 7) is 0.